The first-order valence-corrected chi connectivity index (χ1v) is 10.9. The van der Waals surface area contributed by atoms with Gasteiger partial charge in [0, 0.05) is 0 Å². The summed E-state index contributed by atoms with van der Waals surface area (Å²) < 4.78 is 38.3. The molecule has 2 aliphatic rings. The molecule has 1 saturated carbocycles. The van der Waals surface area contributed by atoms with Gasteiger partial charge in [-0.3, -0.25) is 0 Å². The van der Waals surface area contributed by atoms with Gasteiger partial charge in [-0.05, 0) is 74.5 Å². The van der Waals surface area contributed by atoms with Gasteiger partial charge in [0.05, 0.1) is 11.2 Å². The van der Waals surface area contributed by atoms with Crippen molar-refractivity contribution in [3.8, 4) is 0 Å². The zero-order valence-corrected chi connectivity index (χ0v) is 16.9. The summed E-state index contributed by atoms with van der Waals surface area (Å²) in [6.07, 6.45) is 10.3. The van der Waals surface area contributed by atoms with Gasteiger partial charge < -0.3 is 5.11 Å². The Balaban J connectivity index is 1.55. The number of benzene rings is 1. The van der Waals surface area contributed by atoms with Crippen LogP contribution < -0.4 is 0 Å². The summed E-state index contributed by atoms with van der Waals surface area (Å²) in [5.74, 6) is 1.52. The highest BCUT2D eigenvalue weighted by Crippen LogP contribution is 2.43. The lowest BCUT2D eigenvalue weighted by Gasteiger charge is -2.36. The summed E-state index contributed by atoms with van der Waals surface area (Å²) in [6, 6.07) is 5.02. The zero-order valence-electron chi connectivity index (χ0n) is 16.9. The highest BCUT2D eigenvalue weighted by molar-refractivity contribution is 5.31. The van der Waals surface area contributed by atoms with Crippen molar-refractivity contribution in [1.29, 1.82) is 0 Å². The Labute approximate surface area is 167 Å². The average molecular weight is 395 g/mol. The van der Waals surface area contributed by atoms with Crippen molar-refractivity contribution in [3.63, 3.8) is 0 Å². The van der Waals surface area contributed by atoms with E-state index in [2.05, 4.69) is 13.0 Å². The third kappa shape index (κ3) is 5.20. The van der Waals surface area contributed by atoms with Crippen LogP contribution in [-0.2, 0) is 11.8 Å². The quantitative estimate of drug-likeness (QED) is 0.394. The normalized spacial score (nSPS) is 28.8. The van der Waals surface area contributed by atoms with Gasteiger partial charge in [-0.1, -0.05) is 56.4 Å². The molecule has 1 aromatic rings. The molecule has 1 unspecified atom stereocenters. The van der Waals surface area contributed by atoms with E-state index in [0.717, 1.165) is 24.5 Å². The predicted molar refractivity (Wildman–Crippen MR) is 107 cm³/mol. The molecule has 28 heavy (non-hydrogen) atoms. The summed E-state index contributed by atoms with van der Waals surface area (Å²) in [6.45, 7) is 2.25. The number of rotatable bonds is 6. The molecule has 0 amide bonds. The van der Waals surface area contributed by atoms with Crippen LogP contribution in [0, 0.1) is 11.8 Å². The van der Waals surface area contributed by atoms with Gasteiger partial charge >= 0.3 is 6.18 Å². The maximum Gasteiger partial charge on any atom is 0.416 e. The van der Waals surface area contributed by atoms with Gasteiger partial charge in [-0.25, -0.2) is 0 Å². The Morgan fingerprint density at radius 3 is 2.25 bits per heavy atom. The van der Waals surface area contributed by atoms with Gasteiger partial charge in [-0.2, -0.15) is 13.2 Å². The van der Waals surface area contributed by atoms with E-state index in [-0.39, 0.29) is 0 Å². The van der Waals surface area contributed by atoms with Crippen molar-refractivity contribution in [2.24, 2.45) is 11.8 Å². The first-order chi connectivity index (χ1) is 13.3. The molecule has 0 aliphatic heterocycles. The molecule has 1 aromatic carbocycles. The summed E-state index contributed by atoms with van der Waals surface area (Å²) in [5, 5.41) is 11.0. The van der Waals surface area contributed by atoms with E-state index in [1.165, 1.54) is 69.1 Å². The van der Waals surface area contributed by atoms with Crippen molar-refractivity contribution < 1.29 is 18.3 Å². The van der Waals surface area contributed by atoms with Crippen molar-refractivity contribution in [3.05, 3.63) is 47.0 Å². The molecule has 1 fully saturated rings. The van der Waals surface area contributed by atoms with E-state index in [0.29, 0.717) is 24.3 Å². The molecular formula is C24H33F3O. The first-order valence-electron chi connectivity index (χ1n) is 10.9. The molecule has 0 radical (unpaired) electrons. The number of allylic oxidation sites excluding steroid dienone is 1. The molecule has 0 spiro atoms. The monoisotopic (exact) mass is 394 g/mol. The number of aliphatic hydroxyl groups is 1. The minimum Gasteiger partial charge on any atom is -0.385 e. The second-order valence-electron chi connectivity index (χ2n) is 8.80. The van der Waals surface area contributed by atoms with Crippen molar-refractivity contribution in [2.75, 3.05) is 0 Å². The molecule has 0 saturated heterocycles. The Kier molecular flexibility index (Phi) is 6.90. The van der Waals surface area contributed by atoms with E-state index >= 15 is 0 Å². The Morgan fingerprint density at radius 1 is 1.04 bits per heavy atom. The second-order valence-corrected chi connectivity index (χ2v) is 8.80. The third-order valence-electron chi connectivity index (χ3n) is 6.87. The van der Waals surface area contributed by atoms with E-state index < -0.39 is 17.3 Å². The molecule has 3 rings (SSSR count). The molecule has 1 nitrogen and oxygen atoms in total. The number of halogens is 3. The number of hydrogen-bond donors (Lipinski definition) is 1. The van der Waals surface area contributed by atoms with Crippen LogP contribution in [0.5, 0.6) is 0 Å². The van der Waals surface area contributed by atoms with Crippen molar-refractivity contribution in [1.82, 2.24) is 0 Å². The summed E-state index contributed by atoms with van der Waals surface area (Å²) >= 11 is 0. The van der Waals surface area contributed by atoms with E-state index in [9.17, 15) is 18.3 Å². The molecule has 0 aromatic heterocycles. The molecule has 156 valence electrons. The standard InChI is InChI=1S/C24H33F3O/c1-2-3-4-5-18-6-8-19(9-7-18)20-14-16-23(28,17-15-20)21-10-12-22(13-11-21)24(25,26)27/h10-14,18-19,28H,2-9,15-17H2,1H3/t18-,19-,23?. The van der Waals surface area contributed by atoms with Crippen molar-refractivity contribution in [2.45, 2.75) is 89.3 Å². The lowest BCUT2D eigenvalue weighted by Crippen LogP contribution is -2.29. The highest BCUT2D eigenvalue weighted by Gasteiger charge is 2.35. The number of hydrogen-bond acceptors (Lipinski definition) is 1. The lowest BCUT2D eigenvalue weighted by molar-refractivity contribution is -0.137. The summed E-state index contributed by atoms with van der Waals surface area (Å²) in [4.78, 5) is 0. The van der Waals surface area contributed by atoms with Gasteiger partial charge in [-0.15, -0.1) is 0 Å². The molecule has 1 atom stereocenters. The van der Waals surface area contributed by atoms with Gasteiger partial charge in [0.1, 0.15) is 0 Å². The van der Waals surface area contributed by atoms with Gasteiger partial charge in [0.15, 0.2) is 0 Å². The lowest BCUT2D eigenvalue weighted by atomic mass is 9.71. The molecule has 1 N–H and O–H groups in total. The smallest absolute Gasteiger partial charge is 0.385 e. The van der Waals surface area contributed by atoms with Gasteiger partial charge in [0.2, 0.25) is 0 Å². The Morgan fingerprint density at radius 2 is 1.71 bits per heavy atom. The minimum atomic E-state index is -4.34. The topological polar surface area (TPSA) is 20.2 Å². The second kappa shape index (κ2) is 9.02. The first kappa shape index (κ1) is 21.4. The van der Waals surface area contributed by atoms with Crippen LogP contribution in [-0.4, -0.2) is 5.11 Å². The maximum absolute atomic E-state index is 12.8. The SMILES string of the molecule is CCCCC[C@H]1CC[C@H](C2=CCC(O)(c3ccc(C(F)(F)F)cc3)CC2)CC1. The summed E-state index contributed by atoms with van der Waals surface area (Å²) in [5.41, 5.74) is 0.354. The van der Waals surface area contributed by atoms with Crippen LogP contribution in [0.2, 0.25) is 0 Å². The van der Waals surface area contributed by atoms with E-state index in [1.807, 2.05) is 0 Å². The van der Waals surface area contributed by atoms with Crippen LogP contribution >= 0.6 is 0 Å². The van der Waals surface area contributed by atoms with Crippen LogP contribution in [0.1, 0.15) is 88.7 Å². The molecular weight excluding hydrogens is 361 g/mol. The van der Waals surface area contributed by atoms with Crippen LogP contribution in [0.15, 0.2) is 35.9 Å². The number of alkyl halides is 3. The number of unbranched alkanes of at least 4 members (excludes halogenated alkanes) is 2. The van der Waals surface area contributed by atoms with Crippen molar-refractivity contribution >= 4 is 0 Å². The fourth-order valence-electron chi connectivity index (χ4n) is 4.96. The van der Waals surface area contributed by atoms with Crippen LogP contribution in [0.3, 0.4) is 0 Å². The zero-order chi connectivity index (χ0) is 20.2. The maximum atomic E-state index is 12.8. The molecule has 0 heterocycles. The average Bonchev–Trinajstić information content (AvgIpc) is 2.69. The highest BCUT2D eigenvalue weighted by atomic mass is 19.4. The Bertz CT molecular complexity index is 653. The third-order valence-corrected chi connectivity index (χ3v) is 6.87. The van der Waals surface area contributed by atoms with Crippen LogP contribution in [0.25, 0.3) is 0 Å². The van der Waals surface area contributed by atoms with Crippen LogP contribution in [0.4, 0.5) is 13.2 Å². The van der Waals surface area contributed by atoms with Gasteiger partial charge in [0.25, 0.3) is 0 Å². The minimum absolute atomic E-state index is 0.504. The predicted octanol–water partition coefficient (Wildman–Crippen LogP) is 7.39. The molecule has 2 aliphatic carbocycles. The molecule has 4 heteroatoms. The fraction of sp³-hybridized carbons (Fsp3) is 0.667. The molecule has 0 bridgehead atoms. The van der Waals surface area contributed by atoms with E-state index in [1.54, 1.807) is 0 Å². The Hall–Kier alpha value is -1.29. The fourth-order valence-corrected chi connectivity index (χ4v) is 4.96. The van der Waals surface area contributed by atoms with E-state index in [4.69, 9.17) is 0 Å². The summed E-state index contributed by atoms with van der Waals surface area (Å²) in [7, 11) is 0. The largest absolute Gasteiger partial charge is 0.416 e.